The molecular weight excluding hydrogens is 1950 g/mol. The molecule has 12 aliphatic rings. The second-order valence-electron chi connectivity index (χ2n) is 41.2. The maximum atomic E-state index is 13.9. The SMILES string of the molecule is CC(=O)Nc1ccc(C#Cc2ccc(O)c3c2C[C@H]2C[C@H]4[C@H](N(C)C)C(=O)C(C(N)=O)=C(O)[C@@]4(O)C(=O)C2=C3O)cc1.CCC(=O)c1ccc(O)c2c1C[C@H]1C[C@H]3[C@H](N(C)C)C(=O)C(C(N)=O)=C(O)[C@@]3(O)C(=O)C1=C2O.CCCC#Cc1ccc(O)c2c1C[C@H]1C[C@H]3[C@H](N(C)C)C(=O)C(C(N)=O)=C(O)[C@@]3(O)C(=O)C1=C2O.CN(C)[C@@H]1C(=O)C(C(N)=O)=C(O)[C@@]2(O)C(=O)C3=C(O)c4c(O)ccc(/C=C/C(=O)NC(C)(C)C)c4C[C@H]3C[C@@H]12. The lowest BCUT2D eigenvalue weighted by Gasteiger charge is -2.50. The van der Waals surface area contributed by atoms with E-state index in [1.807, 2.05) is 27.7 Å². The maximum absolute atomic E-state index is 13.9. The Morgan fingerprint density at radius 2 is 0.707 bits per heavy atom. The first kappa shape index (κ1) is 110. The van der Waals surface area contributed by atoms with Crippen molar-refractivity contribution < 1.29 is 154 Å². The zero-order valence-electron chi connectivity index (χ0n) is 84.2. The summed E-state index contributed by atoms with van der Waals surface area (Å²) in [6, 6.07) is 13.8. The van der Waals surface area contributed by atoms with Crippen LogP contribution in [0.3, 0.4) is 0 Å². The minimum Gasteiger partial charge on any atom is -0.508 e. The normalized spacial score (nSPS) is 26.9. The lowest BCUT2D eigenvalue weighted by molar-refractivity contribution is -0.155. The van der Waals surface area contributed by atoms with Gasteiger partial charge in [-0.05, 0) is 259 Å². The van der Waals surface area contributed by atoms with Crippen LogP contribution in [0.1, 0.15) is 164 Å². The number of fused-ring (bicyclic) bond motifs is 12. The van der Waals surface area contributed by atoms with E-state index in [9.17, 15) is 154 Å². The Bertz CT molecular complexity index is 7290. The summed E-state index contributed by atoms with van der Waals surface area (Å²) in [4.78, 5) is 198. The number of unbranched alkanes of at least 4 members (excludes halogenated alkanes) is 1. The van der Waals surface area contributed by atoms with Gasteiger partial charge in [0.1, 0.15) is 91.4 Å². The van der Waals surface area contributed by atoms with Gasteiger partial charge in [0, 0.05) is 105 Å². The Balaban J connectivity index is 0.000000158. The predicted molar refractivity (Wildman–Crippen MR) is 537 cm³/mol. The van der Waals surface area contributed by atoms with Crippen molar-refractivity contribution in [2.75, 3.05) is 61.7 Å². The predicted octanol–water partition coefficient (Wildman–Crippen LogP) is 3.89. The molecule has 0 heterocycles. The molecule has 41 heteroatoms. The number of carbonyl (C=O) groups excluding carboxylic acids is 15. The number of Topliss-reactive ketones (excluding diaryl/α,β-unsaturated/α-hetero) is 9. The van der Waals surface area contributed by atoms with Gasteiger partial charge in [-0.1, -0.05) is 43.6 Å². The summed E-state index contributed by atoms with van der Waals surface area (Å²) in [7, 11) is 12.4. The van der Waals surface area contributed by atoms with Gasteiger partial charge in [0.05, 0.1) is 46.4 Å². The second kappa shape index (κ2) is 40.2. The number of aromatic hydroxyl groups is 4. The van der Waals surface area contributed by atoms with Crippen molar-refractivity contribution in [1.29, 1.82) is 0 Å². The number of nitrogens with one attached hydrogen (secondary N) is 2. The molecule has 0 unspecified atom stereocenters. The second-order valence-corrected chi connectivity index (χ2v) is 41.2. The first-order chi connectivity index (χ1) is 70.1. The standard InChI is InChI=1S/C31H29N3O8.C28H33N3O8.C26H28N2O7.C24H26N2O8/c1-14(35)33-18-9-5-15(6-10-18)4-7-16-8-11-21(36)23-19(16)12-17-13-20-25(34(2)3)27(38)24(30(32)41)29(40)31(20,42)28(39)22(17)26(23)37;1-27(2,3)30-17(33)9-7-12-6-8-16(32)19-14(12)10-13-11-15-21(31(4)5)23(35)20(26(29)38)25(37)28(15,39)24(36)18(13)22(19)34;1-4-5-6-7-12-8-9-16(29)18-14(12)10-13-11-15-20(28(2)3)22(31)19(25(27)34)24(33)26(15,35)23(32)17(13)21(18)30;1-4-13(27)10-5-6-14(28)16-11(10)7-9-8-12-18(26(2)3)20(30)17(23(25)33)22(32)24(12,34)21(31)15(9)19(16)29/h5-6,8-11,17,20,25,36-37,40,42H,12-13H2,1-3H3,(H2,32,41)(H,33,35);6-9,13,15,21,32,34,37,39H,10-11H2,1-5H3,(H2,29,38)(H,30,33);8-9,13,15,20,29-30,33,35H,4-5,10-11H2,1-3H3,(H2,27,34);5-6,9,12,18,28-29,32,34H,4,7-8H2,1-3H3,(H2,25,33)/b;9-7+;;/t17-,20-,25-,31-;13-,15-,21-,28-;13-,15-,20-,26-;9-,12-,18-,24-/m0000/s1. The molecule has 17 rings (SSSR count). The molecule has 0 radical (unpaired) electrons. The smallest absolute Gasteiger partial charge is 0.255 e. The fraction of sp³-hybridized carbons (Fsp3) is 0.385. The fourth-order valence-electron chi connectivity index (χ4n) is 23.7. The number of benzene rings is 5. The summed E-state index contributed by atoms with van der Waals surface area (Å²) in [5, 5.41) is 183. The third-order valence-corrected chi connectivity index (χ3v) is 30.1. The van der Waals surface area contributed by atoms with E-state index in [0.717, 1.165) is 6.42 Å². The minimum absolute atomic E-state index is 0.0150. The number of aliphatic hydroxyl groups is 12. The molecule has 16 atom stereocenters. The Labute approximate surface area is 858 Å². The molecule has 5 aromatic carbocycles. The average Bonchev–Trinajstić information content (AvgIpc) is 0.707. The number of nitrogens with zero attached hydrogens (tertiary/aromatic N) is 4. The highest BCUT2D eigenvalue weighted by atomic mass is 16.4. The van der Waals surface area contributed by atoms with E-state index in [-0.39, 0.29) is 143 Å². The molecule has 0 saturated heterocycles. The molecule has 150 heavy (non-hydrogen) atoms. The highest BCUT2D eigenvalue weighted by molar-refractivity contribution is 6.28. The number of aliphatic hydroxyl groups excluding tert-OH is 8. The highest BCUT2D eigenvalue weighted by Gasteiger charge is 2.70. The molecule has 6 amide bonds. The summed E-state index contributed by atoms with van der Waals surface area (Å²) in [5.74, 6) is -16.6. The zero-order valence-corrected chi connectivity index (χ0v) is 84.2. The van der Waals surface area contributed by atoms with Crippen molar-refractivity contribution in [1.82, 2.24) is 24.9 Å². The third-order valence-electron chi connectivity index (χ3n) is 30.1. The van der Waals surface area contributed by atoms with Crippen molar-refractivity contribution in [2.45, 2.75) is 164 Å². The number of nitrogens with two attached hydrogens (primary N) is 4. The quantitative estimate of drug-likeness (QED) is 0.0324. The highest BCUT2D eigenvalue weighted by Crippen LogP contribution is 2.60. The van der Waals surface area contributed by atoms with E-state index in [1.54, 1.807) is 83.7 Å². The average molecular weight is 2060 g/mol. The number of anilines is 1. The van der Waals surface area contributed by atoms with Gasteiger partial charge < -0.3 is 115 Å². The largest absolute Gasteiger partial charge is 0.508 e. The Hall–Kier alpha value is -16.0. The van der Waals surface area contributed by atoms with Crippen LogP contribution < -0.4 is 33.6 Å². The van der Waals surface area contributed by atoms with Crippen molar-refractivity contribution >= 4 is 122 Å². The lowest BCUT2D eigenvalue weighted by Crippen LogP contribution is -2.65. The Morgan fingerprint density at radius 3 is 1.01 bits per heavy atom. The van der Waals surface area contributed by atoms with E-state index < -0.39 is 238 Å². The molecule has 4 saturated carbocycles. The van der Waals surface area contributed by atoms with E-state index in [2.05, 4.69) is 34.3 Å². The van der Waals surface area contributed by atoms with Gasteiger partial charge in [0.25, 0.3) is 23.6 Å². The van der Waals surface area contributed by atoms with Crippen LogP contribution in [0.5, 0.6) is 23.0 Å². The number of carbonyl (C=O) groups is 15. The van der Waals surface area contributed by atoms with E-state index in [0.29, 0.717) is 62.2 Å². The number of amides is 6. The lowest BCUT2D eigenvalue weighted by atomic mass is 9.57. The third kappa shape index (κ3) is 17.9. The number of hydrogen-bond donors (Lipinski definition) is 22. The molecule has 0 bridgehead atoms. The zero-order chi connectivity index (χ0) is 111. The van der Waals surface area contributed by atoms with Crippen LogP contribution in [0.25, 0.3) is 29.1 Å². The molecule has 41 nitrogen and oxygen atoms in total. The first-order valence-corrected chi connectivity index (χ1v) is 48.0. The van der Waals surface area contributed by atoms with Crippen LogP contribution >= 0.6 is 0 Å². The van der Waals surface area contributed by atoms with Crippen LogP contribution in [-0.2, 0) is 92.8 Å². The van der Waals surface area contributed by atoms with E-state index in [4.69, 9.17) is 22.9 Å². The van der Waals surface area contributed by atoms with Crippen molar-refractivity contribution in [3.63, 3.8) is 0 Å². The Morgan fingerprint density at radius 1 is 0.407 bits per heavy atom. The molecule has 0 spiro atoms. The van der Waals surface area contributed by atoms with Crippen LogP contribution in [-0.4, -0.2) is 297 Å². The van der Waals surface area contributed by atoms with Crippen LogP contribution in [0.2, 0.25) is 0 Å². The van der Waals surface area contributed by atoms with Crippen LogP contribution in [0.4, 0.5) is 5.69 Å². The number of phenolic OH excluding ortho intramolecular Hbond substituents is 4. The molecule has 0 aliphatic heterocycles. The van der Waals surface area contributed by atoms with E-state index >= 15 is 0 Å². The van der Waals surface area contributed by atoms with Gasteiger partial charge in [0.2, 0.25) is 34.9 Å². The number of phenols is 4. The Kier molecular flexibility index (Phi) is 29.4. The molecule has 788 valence electrons. The topological polar surface area (TPSA) is 721 Å². The molecule has 26 N–H and O–H groups in total. The molecular formula is C109H116N10O31. The number of hydrogen-bond acceptors (Lipinski definition) is 35. The van der Waals surface area contributed by atoms with Crippen molar-refractivity contribution in [3.8, 4) is 46.7 Å². The van der Waals surface area contributed by atoms with Gasteiger partial charge in [0.15, 0.2) is 51.3 Å². The summed E-state index contributed by atoms with van der Waals surface area (Å²) >= 11 is 0. The number of likely N-dealkylation sites (N-methyl/N-ethyl adjacent to an activating group) is 4. The van der Waals surface area contributed by atoms with Crippen LogP contribution in [0, 0.1) is 71.0 Å². The molecule has 12 aliphatic carbocycles. The fourth-order valence-corrected chi connectivity index (χ4v) is 23.7. The monoisotopic (exact) mass is 2060 g/mol. The molecule has 0 aromatic heterocycles. The van der Waals surface area contributed by atoms with Gasteiger partial charge in [-0.25, -0.2) is 0 Å². The molecule has 4 fully saturated rings. The van der Waals surface area contributed by atoms with Crippen molar-refractivity contribution in [2.24, 2.45) is 70.3 Å². The summed E-state index contributed by atoms with van der Waals surface area (Å²) in [5.41, 5.74) is 10.8. The van der Waals surface area contributed by atoms with Gasteiger partial charge in [-0.2, -0.15) is 0 Å². The van der Waals surface area contributed by atoms with E-state index in [1.165, 1.54) is 91.1 Å². The molecule has 5 aromatic rings. The van der Waals surface area contributed by atoms with Gasteiger partial charge >= 0.3 is 0 Å². The van der Waals surface area contributed by atoms with Gasteiger partial charge in [-0.15, -0.1) is 0 Å². The summed E-state index contributed by atoms with van der Waals surface area (Å²) in [6.07, 6.45) is 5.14. The number of primary amides is 4. The minimum atomic E-state index is -2.69. The number of rotatable bonds is 14. The van der Waals surface area contributed by atoms with Crippen LogP contribution in [0.15, 0.2) is 146 Å². The number of ketones is 9. The summed E-state index contributed by atoms with van der Waals surface area (Å²) in [6.45, 7) is 10.6. The first-order valence-electron chi connectivity index (χ1n) is 48.0. The summed E-state index contributed by atoms with van der Waals surface area (Å²) < 4.78 is 0. The maximum Gasteiger partial charge on any atom is 0.255 e. The van der Waals surface area contributed by atoms with Gasteiger partial charge in [-0.3, -0.25) is 91.5 Å². The van der Waals surface area contributed by atoms with Crippen molar-refractivity contribution in [3.05, 3.63) is 219 Å².